The maximum atomic E-state index is 8.92. The lowest BCUT2D eigenvalue weighted by Crippen LogP contribution is -2.52. The van der Waals surface area contributed by atoms with E-state index in [0.717, 1.165) is 5.56 Å². The van der Waals surface area contributed by atoms with Crippen LogP contribution in [0, 0.1) is 11.3 Å². The largest absolute Gasteiger partial charge is 0.452 e. The molecule has 0 amide bonds. The van der Waals surface area contributed by atoms with Crippen LogP contribution in [0.5, 0.6) is 0 Å². The Bertz CT molecular complexity index is 728. The molecule has 0 saturated carbocycles. The molecule has 0 saturated heterocycles. The molecule has 2 nitrogen and oxygen atoms in total. The average Bonchev–Trinajstić information content (AvgIpc) is 2.59. The molecule has 4 heteroatoms. The van der Waals surface area contributed by atoms with Crippen molar-refractivity contribution >= 4 is 21.8 Å². The van der Waals surface area contributed by atoms with Crippen LogP contribution in [0.15, 0.2) is 48.5 Å². The van der Waals surface area contributed by atoms with E-state index in [1.54, 1.807) is 0 Å². The molecule has 2 aromatic rings. The summed E-state index contributed by atoms with van der Waals surface area (Å²) in [7, 11) is -3.48. The third-order valence-corrected chi connectivity index (χ3v) is 12.1. The quantitative estimate of drug-likeness (QED) is 0.592. The Hall–Kier alpha value is -1.68. The molecule has 2 rings (SSSR count). The Kier molecular flexibility index (Phi) is 6.39. The van der Waals surface area contributed by atoms with E-state index in [9.17, 15) is 0 Å². The van der Waals surface area contributed by atoms with Gasteiger partial charge in [-0.05, 0) is 60.7 Å². The van der Waals surface area contributed by atoms with Crippen LogP contribution >= 0.6 is 0 Å². The molecule has 0 fully saturated rings. The molecule has 0 aliphatic rings. The first-order chi connectivity index (χ1) is 11.8. The first-order valence-corrected chi connectivity index (χ1v) is 15.1. The van der Waals surface area contributed by atoms with Gasteiger partial charge in [0, 0.05) is 0 Å². The van der Waals surface area contributed by atoms with Gasteiger partial charge in [0.25, 0.3) is 0 Å². The predicted octanol–water partition coefficient (Wildman–Crippen LogP) is 5.66. The Morgan fingerprint density at radius 2 is 1.40 bits per heavy atom. The molecule has 0 unspecified atom stereocenters. The van der Waals surface area contributed by atoms with E-state index in [2.05, 4.69) is 63.4 Å². The number of nitrogens with zero attached hydrogens (tertiary/aromatic N) is 1. The Morgan fingerprint density at radius 1 is 0.880 bits per heavy atom. The number of nitriles is 1. The third-order valence-electron chi connectivity index (χ3n) is 4.59. The van der Waals surface area contributed by atoms with Crippen molar-refractivity contribution in [1.82, 2.24) is 0 Å². The zero-order chi connectivity index (χ0) is 18.5. The Morgan fingerprint density at radius 3 is 1.88 bits per heavy atom. The van der Waals surface area contributed by atoms with Crippen molar-refractivity contribution in [2.45, 2.75) is 52.0 Å². The van der Waals surface area contributed by atoms with E-state index in [0.29, 0.717) is 5.56 Å². The van der Waals surface area contributed by atoms with Crippen LogP contribution in [0.3, 0.4) is 0 Å². The summed E-state index contributed by atoms with van der Waals surface area (Å²) >= 11 is 0. The fraction of sp³-hybridized carbons (Fsp3) is 0.381. The van der Waals surface area contributed by atoms with Crippen molar-refractivity contribution in [1.29, 1.82) is 5.26 Å². The van der Waals surface area contributed by atoms with Crippen molar-refractivity contribution in [3.05, 3.63) is 54.1 Å². The molecule has 0 aliphatic carbocycles. The second-order valence-electron chi connectivity index (χ2n) is 7.74. The molecule has 0 spiro atoms. The zero-order valence-electron chi connectivity index (χ0n) is 16.1. The summed E-state index contributed by atoms with van der Waals surface area (Å²) in [4.78, 5) is 0. The maximum absolute atomic E-state index is 8.92. The third kappa shape index (κ3) is 5.40. The van der Waals surface area contributed by atoms with Gasteiger partial charge in [0.05, 0.1) is 11.6 Å². The number of rotatable bonds is 7. The molecule has 2 aromatic carbocycles. The highest BCUT2D eigenvalue weighted by molar-refractivity contribution is 6.92. The molecule has 0 heterocycles. The number of benzene rings is 2. The lowest BCUT2D eigenvalue weighted by atomic mass is 10.0. The van der Waals surface area contributed by atoms with Gasteiger partial charge in [-0.25, -0.2) is 0 Å². The number of hydrogen-bond donors (Lipinski definition) is 0. The molecule has 0 aliphatic heterocycles. The van der Waals surface area contributed by atoms with Crippen molar-refractivity contribution < 1.29 is 4.12 Å². The molecule has 0 atom stereocenters. The monoisotopic (exact) mass is 367 g/mol. The summed E-state index contributed by atoms with van der Waals surface area (Å²) in [6.45, 7) is 11.6. The first-order valence-electron chi connectivity index (χ1n) is 9.09. The molecule has 0 radical (unpaired) electrons. The smallest absolute Gasteiger partial charge is 0.205 e. The highest BCUT2D eigenvalue weighted by Crippen LogP contribution is 2.23. The topological polar surface area (TPSA) is 33.0 Å². The number of unbranched alkanes of at least 4 members (excludes halogenated alkanes) is 1. The minimum Gasteiger partial charge on any atom is -0.452 e. The minimum absolute atomic E-state index is 0.696. The molecular weight excluding hydrogens is 338 g/mol. The fourth-order valence-corrected chi connectivity index (χ4v) is 11.8. The molecule has 132 valence electrons. The lowest BCUT2D eigenvalue weighted by molar-refractivity contribution is 0.549. The minimum atomic E-state index is -1.88. The van der Waals surface area contributed by atoms with Crippen molar-refractivity contribution in [3.63, 3.8) is 0 Å². The van der Waals surface area contributed by atoms with E-state index in [-0.39, 0.29) is 0 Å². The Balaban J connectivity index is 2.15. The molecule has 25 heavy (non-hydrogen) atoms. The highest BCUT2D eigenvalue weighted by Gasteiger charge is 2.33. The van der Waals surface area contributed by atoms with Gasteiger partial charge in [-0.2, -0.15) is 5.26 Å². The molecule has 0 N–H and O–H groups in total. The fourth-order valence-electron chi connectivity index (χ4n) is 3.20. The zero-order valence-corrected chi connectivity index (χ0v) is 18.1. The normalized spacial score (nSPS) is 12.0. The standard InChI is InChI=1S/C21H29NOSi2/c1-6-7-16-24(2,3)23-25(4,5)21-14-12-20(13-15-21)19-10-8-18(17-22)9-11-19/h8-15H,6-7,16H2,1-5H3. The van der Waals surface area contributed by atoms with Crippen LogP contribution in [-0.2, 0) is 4.12 Å². The van der Waals surface area contributed by atoms with Gasteiger partial charge in [0.1, 0.15) is 0 Å². The van der Waals surface area contributed by atoms with Crippen molar-refractivity contribution in [2.24, 2.45) is 0 Å². The second kappa shape index (κ2) is 8.14. The van der Waals surface area contributed by atoms with Crippen molar-refractivity contribution in [2.75, 3.05) is 0 Å². The summed E-state index contributed by atoms with van der Waals surface area (Å²) in [5, 5.41) is 10.3. The van der Waals surface area contributed by atoms with Crippen LogP contribution in [-0.4, -0.2) is 16.6 Å². The maximum Gasteiger partial charge on any atom is 0.205 e. The highest BCUT2D eigenvalue weighted by atomic mass is 28.4. The molecule has 0 aromatic heterocycles. The second-order valence-corrected chi connectivity index (χ2v) is 16.2. The van der Waals surface area contributed by atoms with Gasteiger partial charge in [-0.3, -0.25) is 0 Å². The van der Waals surface area contributed by atoms with Gasteiger partial charge in [0.15, 0.2) is 8.32 Å². The molecule has 0 bridgehead atoms. The molecular formula is C21H29NOSi2. The SMILES string of the molecule is CCCC[Si](C)(C)O[Si](C)(C)c1ccc(-c2ccc(C#N)cc2)cc1. The summed E-state index contributed by atoms with van der Waals surface area (Å²) in [5.41, 5.74) is 3.02. The van der Waals surface area contributed by atoms with Crippen molar-refractivity contribution in [3.8, 4) is 17.2 Å². The van der Waals surface area contributed by atoms with Gasteiger partial charge in [0.2, 0.25) is 8.32 Å². The van der Waals surface area contributed by atoms with Gasteiger partial charge in [-0.1, -0.05) is 56.2 Å². The van der Waals surface area contributed by atoms with Gasteiger partial charge < -0.3 is 4.12 Å². The van der Waals surface area contributed by atoms with E-state index in [1.165, 1.54) is 29.6 Å². The van der Waals surface area contributed by atoms with E-state index in [4.69, 9.17) is 9.38 Å². The summed E-state index contributed by atoms with van der Waals surface area (Å²) in [6, 6.07) is 20.0. The summed E-state index contributed by atoms with van der Waals surface area (Å²) < 4.78 is 6.73. The van der Waals surface area contributed by atoms with E-state index in [1.807, 2.05) is 24.3 Å². The summed E-state index contributed by atoms with van der Waals surface area (Å²) in [6.07, 6.45) is 2.50. The van der Waals surface area contributed by atoms with Gasteiger partial charge in [-0.15, -0.1) is 0 Å². The number of hydrogen-bond acceptors (Lipinski definition) is 2. The average molecular weight is 368 g/mol. The Labute approximate surface area is 154 Å². The van der Waals surface area contributed by atoms with Crippen LogP contribution in [0.4, 0.5) is 0 Å². The van der Waals surface area contributed by atoms with Crippen LogP contribution < -0.4 is 5.19 Å². The van der Waals surface area contributed by atoms with Crippen LogP contribution in [0.1, 0.15) is 25.3 Å². The predicted molar refractivity (Wildman–Crippen MR) is 112 cm³/mol. The first kappa shape index (κ1) is 19.6. The van der Waals surface area contributed by atoms with E-state index < -0.39 is 16.6 Å². The van der Waals surface area contributed by atoms with Gasteiger partial charge >= 0.3 is 0 Å². The summed E-state index contributed by atoms with van der Waals surface area (Å²) in [5.74, 6) is 0. The lowest BCUT2D eigenvalue weighted by Gasteiger charge is -2.34. The van der Waals surface area contributed by atoms with Crippen LogP contribution in [0.2, 0.25) is 32.2 Å². The van der Waals surface area contributed by atoms with Crippen LogP contribution in [0.25, 0.3) is 11.1 Å². The van der Waals surface area contributed by atoms with E-state index >= 15 is 0 Å².